The van der Waals surface area contributed by atoms with Gasteiger partial charge in [-0.05, 0) is 57.9 Å². The van der Waals surface area contributed by atoms with E-state index in [1.54, 1.807) is 11.3 Å². The Bertz CT molecular complexity index is 551. The summed E-state index contributed by atoms with van der Waals surface area (Å²) in [6.45, 7) is 0. The number of nitrogens with one attached hydrogen (secondary N) is 1. The zero-order valence-electron chi connectivity index (χ0n) is 10.3. The quantitative estimate of drug-likeness (QED) is 0.646. The number of hydrazine groups is 1. The lowest BCUT2D eigenvalue weighted by Crippen LogP contribution is -2.28. The van der Waals surface area contributed by atoms with Gasteiger partial charge in [-0.1, -0.05) is 12.1 Å². The second-order valence-corrected chi connectivity index (χ2v) is 6.42. The molecule has 1 aliphatic rings. The highest BCUT2D eigenvalue weighted by Crippen LogP contribution is 2.34. The molecule has 1 atom stereocenters. The Kier molecular flexibility index (Phi) is 3.88. The van der Waals surface area contributed by atoms with Crippen LogP contribution in [-0.2, 0) is 0 Å². The molecule has 2 aromatic rings. The van der Waals surface area contributed by atoms with Gasteiger partial charge in [-0.15, -0.1) is 11.3 Å². The Morgan fingerprint density at radius 2 is 2.00 bits per heavy atom. The third-order valence-electron chi connectivity index (χ3n) is 3.11. The van der Waals surface area contributed by atoms with Crippen molar-refractivity contribution in [1.82, 2.24) is 5.43 Å². The summed E-state index contributed by atoms with van der Waals surface area (Å²) in [4.78, 5) is 1.18. The van der Waals surface area contributed by atoms with Crippen LogP contribution in [0, 0.1) is 0 Å². The second-order valence-electron chi connectivity index (χ2n) is 4.62. The van der Waals surface area contributed by atoms with E-state index in [9.17, 15) is 0 Å². The molecule has 0 saturated heterocycles. The number of halogens is 1. The highest BCUT2D eigenvalue weighted by Gasteiger charge is 2.23. The van der Waals surface area contributed by atoms with Gasteiger partial charge in [0.2, 0.25) is 0 Å². The molecule has 1 fully saturated rings. The van der Waals surface area contributed by atoms with Crippen LogP contribution in [0.4, 0.5) is 0 Å². The standard InChI is InChI=1S/C14H15BrN2OS/c15-12-7-8-19-14(12)13(17-16)9-1-3-10(4-2-9)18-11-5-6-11/h1-4,7-8,11,13,17H,5-6,16H2. The maximum absolute atomic E-state index is 5.75. The number of ether oxygens (including phenoxy) is 1. The summed E-state index contributed by atoms with van der Waals surface area (Å²) < 4.78 is 6.83. The monoisotopic (exact) mass is 338 g/mol. The fraction of sp³-hybridized carbons (Fsp3) is 0.286. The molecule has 0 radical (unpaired) electrons. The van der Waals surface area contributed by atoms with Gasteiger partial charge in [-0.3, -0.25) is 5.84 Å². The molecule has 1 aromatic heterocycles. The van der Waals surface area contributed by atoms with Gasteiger partial charge >= 0.3 is 0 Å². The van der Waals surface area contributed by atoms with Crippen LogP contribution in [0.2, 0.25) is 0 Å². The number of rotatable bonds is 5. The van der Waals surface area contributed by atoms with Gasteiger partial charge in [0, 0.05) is 9.35 Å². The molecule has 1 unspecified atom stereocenters. The zero-order valence-corrected chi connectivity index (χ0v) is 12.7. The first-order chi connectivity index (χ1) is 9.28. The molecule has 1 saturated carbocycles. The molecular formula is C14H15BrN2OS. The maximum atomic E-state index is 5.75. The van der Waals surface area contributed by atoms with E-state index in [1.807, 2.05) is 23.6 Å². The number of benzene rings is 1. The maximum Gasteiger partial charge on any atom is 0.119 e. The molecule has 3 rings (SSSR count). The average molecular weight is 339 g/mol. The van der Waals surface area contributed by atoms with Crippen LogP contribution in [0.3, 0.4) is 0 Å². The fourth-order valence-electron chi connectivity index (χ4n) is 1.95. The number of hydrogen-bond acceptors (Lipinski definition) is 4. The zero-order chi connectivity index (χ0) is 13.2. The Morgan fingerprint density at radius 3 is 2.53 bits per heavy atom. The Balaban J connectivity index is 1.81. The molecule has 3 nitrogen and oxygen atoms in total. The Morgan fingerprint density at radius 1 is 1.26 bits per heavy atom. The molecule has 1 aliphatic carbocycles. The van der Waals surface area contributed by atoms with Crippen LogP contribution in [0.25, 0.3) is 0 Å². The van der Waals surface area contributed by atoms with E-state index in [0.717, 1.165) is 15.8 Å². The first-order valence-electron chi connectivity index (χ1n) is 6.23. The summed E-state index contributed by atoms with van der Waals surface area (Å²) in [5, 5.41) is 2.05. The van der Waals surface area contributed by atoms with Crippen molar-refractivity contribution in [1.29, 1.82) is 0 Å². The van der Waals surface area contributed by atoms with E-state index in [1.165, 1.54) is 17.7 Å². The molecule has 5 heteroatoms. The minimum atomic E-state index is 0.00403. The summed E-state index contributed by atoms with van der Waals surface area (Å²) in [5.41, 5.74) is 4.01. The van der Waals surface area contributed by atoms with Gasteiger partial charge in [0.1, 0.15) is 5.75 Å². The van der Waals surface area contributed by atoms with E-state index in [2.05, 4.69) is 33.5 Å². The third-order valence-corrected chi connectivity index (χ3v) is 5.05. The molecule has 1 aromatic carbocycles. The second kappa shape index (κ2) is 5.63. The van der Waals surface area contributed by atoms with Crippen molar-refractivity contribution in [2.75, 3.05) is 0 Å². The molecule has 0 spiro atoms. The molecule has 19 heavy (non-hydrogen) atoms. The molecule has 0 amide bonds. The summed E-state index contributed by atoms with van der Waals surface area (Å²) >= 11 is 5.23. The van der Waals surface area contributed by atoms with Crippen LogP contribution in [0.5, 0.6) is 5.75 Å². The SMILES string of the molecule is NNC(c1ccc(OC2CC2)cc1)c1sccc1Br. The fourth-order valence-corrected chi connectivity index (χ4v) is 3.64. The lowest BCUT2D eigenvalue weighted by atomic mass is 10.1. The van der Waals surface area contributed by atoms with Crippen LogP contribution in [-0.4, -0.2) is 6.10 Å². The predicted molar refractivity (Wildman–Crippen MR) is 81.3 cm³/mol. The van der Waals surface area contributed by atoms with Crippen LogP contribution >= 0.6 is 27.3 Å². The molecule has 0 bridgehead atoms. The van der Waals surface area contributed by atoms with Crippen molar-refractivity contribution < 1.29 is 4.74 Å². The summed E-state index contributed by atoms with van der Waals surface area (Å²) in [6.07, 6.45) is 2.79. The highest BCUT2D eigenvalue weighted by molar-refractivity contribution is 9.10. The molecule has 3 N–H and O–H groups in total. The third kappa shape index (κ3) is 3.00. The van der Waals surface area contributed by atoms with Crippen molar-refractivity contribution >= 4 is 27.3 Å². The van der Waals surface area contributed by atoms with Crippen molar-refractivity contribution in [3.05, 3.63) is 50.6 Å². The minimum absolute atomic E-state index is 0.00403. The van der Waals surface area contributed by atoms with Gasteiger partial charge in [-0.25, -0.2) is 5.43 Å². The Hall–Kier alpha value is -0.880. The summed E-state index contributed by atoms with van der Waals surface area (Å²) in [6, 6.07) is 10.2. The van der Waals surface area contributed by atoms with E-state index >= 15 is 0 Å². The van der Waals surface area contributed by atoms with E-state index in [-0.39, 0.29) is 6.04 Å². The first-order valence-corrected chi connectivity index (χ1v) is 7.91. The van der Waals surface area contributed by atoms with E-state index in [4.69, 9.17) is 10.6 Å². The van der Waals surface area contributed by atoms with Crippen LogP contribution in [0.1, 0.15) is 29.3 Å². The van der Waals surface area contributed by atoms with Crippen molar-refractivity contribution in [3.8, 4) is 5.75 Å². The summed E-state index contributed by atoms with van der Waals surface area (Å²) in [5.74, 6) is 6.64. The van der Waals surface area contributed by atoms with E-state index in [0.29, 0.717) is 6.10 Å². The van der Waals surface area contributed by atoms with Gasteiger partial charge in [0.25, 0.3) is 0 Å². The normalized spacial score (nSPS) is 16.3. The van der Waals surface area contributed by atoms with Gasteiger partial charge in [0.15, 0.2) is 0 Å². The topological polar surface area (TPSA) is 47.3 Å². The first kappa shape index (κ1) is 13.1. The minimum Gasteiger partial charge on any atom is -0.490 e. The number of nitrogens with two attached hydrogens (primary N) is 1. The van der Waals surface area contributed by atoms with Gasteiger partial charge in [-0.2, -0.15) is 0 Å². The molecule has 1 heterocycles. The molecule has 0 aliphatic heterocycles. The van der Waals surface area contributed by atoms with Crippen molar-refractivity contribution in [3.63, 3.8) is 0 Å². The number of hydrogen-bond donors (Lipinski definition) is 2. The summed E-state index contributed by atoms with van der Waals surface area (Å²) in [7, 11) is 0. The van der Waals surface area contributed by atoms with E-state index < -0.39 is 0 Å². The highest BCUT2D eigenvalue weighted by atomic mass is 79.9. The van der Waals surface area contributed by atoms with Gasteiger partial charge < -0.3 is 4.74 Å². The smallest absolute Gasteiger partial charge is 0.119 e. The van der Waals surface area contributed by atoms with Crippen molar-refractivity contribution in [2.45, 2.75) is 25.0 Å². The average Bonchev–Trinajstić information content (AvgIpc) is 3.14. The molecule has 100 valence electrons. The van der Waals surface area contributed by atoms with Crippen LogP contribution in [0.15, 0.2) is 40.2 Å². The molecular weight excluding hydrogens is 324 g/mol. The van der Waals surface area contributed by atoms with Crippen LogP contribution < -0.4 is 16.0 Å². The number of thiophene rings is 1. The Labute approximate surface area is 124 Å². The van der Waals surface area contributed by atoms with Gasteiger partial charge in [0.05, 0.1) is 12.1 Å². The predicted octanol–water partition coefficient (Wildman–Crippen LogP) is 3.60. The lowest BCUT2D eigenvalue weighted by molar-refractivity contribution is 0.303. The van der Waals surface area contributed by atoms with Crippen molar-refractivity contribution in [2.24, 2.45) is 5.84 Å². The largest absolute Gasteiger partial charge is 0.490 e. The lowest BCUT2D eigenvalue weighted by Gasteiger charge is -2.16.